The van der Waals surface area contributed by atoms with E-state index in [2.05, 4.69) is 41.4 Å². The highest BCUT2D eigenvalue weighted by Crippen LogP contribution is 2.26. The minimum Gasteiger partial charge on any atom is -0.451 e. The number of furan rings is 1. The maximum Gasteiger partial charge on any atom is 0.287 e. The second-order valence-corrected chi connectivity index (χ2v) is 7.16. The standard InChI is InChI=1S/C22H26N2O2/c1-14-6-9-17(10-7-14)19(24(4)5)13-23-22(25)21-16(3)18-11-8-15(2)12-20(18)26-21/h6-12,19H,13H2,1-5H3,(H,23,25)/t19-/m0/s1. The molecule has 0 saturated heterocycles. The summed E-state index contributed by atoms with van der Waals surface area (Å²) in [6.45, 7) is 6.53. The minimum absolute atomic E-state index is 0.103. The number of carbonyl (C=O) groups excluding carboxylic acids is 1. The highest BCUT2D eigenvalue weighted by molar-refractivity contribution is 5.99. The summed E-state index contributed by atoms with van der Waals surface area (Å²) in [6, 6.07) is 14.5. The van der Waals surface area contributed by atoms with E-state index in [9.17, 15) is 4.79 Å². The lowest BCUT2D eigenvalue weighted by Crippen LogP contribution is -2.34. The molecule has 4 heteroatoms. The van der Waals surface area contributed by atoms with E-state index >= 15 is 0 Å². The van der Waals surface area contributed by atoms with Crippen LogP contribution in [0.1, 0.15) is 38.9 Å². The molecule has 0 bridgehead atoms. The molecule has 0 aliphatic rings. The van der Waals surface area contributed by atoms with Gasteiger partial charge in [0.05, 0.1) is 6.04 Å². The van der Waals surface area contributed by atoms with Crippen LogP contribution in [0, 0.1) is 20.8 Å². The molecule has 136 valence electrons. The van der Waals surface area contributed by atoms with Gasteiger partial charge in [-0.1, -0.05) is 42.0 Å². The Morgan fingerprint density at radius 3 is 2.35 bits per heavy atom. The van der Waals surface area contributed by atoms with E-state index in [0.29, 0.717) is 12.3 Å². The number of fused-ring (bicyclic) bond motifs is 1. The van der Waals surface area contributed by atoms with Gasteiger partial charge in [-0.05, 0) is 52.1 Å². The smallest absolute Gasteiger partial charge is 0.287 e. The molecule has 3 rings (SSSR count). The number of benzene rings is 2. The molecule has 1 N–H and O–H groups in total. The molecule has 0 radical (unpaired) electrons. The molecule has 1 aromatic heterocycles. The first-order chi connectivity index (χ1) is 12.4. The number of aryl methyl sites for hydroxylation is 3. The fourth-order valence-corrected chi connectivity index (χ4v) is 3.21. The van der Waals surface area contributed by atoms with Crippen LogP contribution in [0.25, 0.3) is 11.0 Å². The van der Waals surface area contributed by atoms with Crippen molar-refractivity contribution in [3.63, 3.8) is 0 Å². The van der Waals surface area contributed by atoms with Crippen molar-refractivity contribution in [2.24, 2.45) is 0 Å². The molecule has 3 aromatic rings. The first-order valence-corrected chi connectivity index (χ1v) is 8.87. The molecule has 0 fully saturated rings. The summed E-state index contributed by atoms with van der Waals surface area (Å²) in [7, 11) is 4.04. The zero-order chi connectivity index (χ0) is 18.8. The lowest BCUT2D eigenvalue weighted by atomic mass is 10.0. The van der Waals surface area contributed by atoms with Gasteiger partial charge in [-0.3, -0.25) is 4.79 Å². The molecule has 0 aliphatic heterocycles. The van der Waals surface area contributed by atoms with Gasteiger partial charge in [0.25, 0.3) is 5.91 Å². The summed E-state index contributed by atoms with van der Waals surface area (Å²) >= 11 is 0. The Kier molecular flexibility index (Phi) is 5.14. The van der Waals surface area contributed by atoms with Crippen LogP contribution >= 0.6 is 0 Å². The van der Waals surface area contributed by atoms with Crippen molar-refractivity contribution < 1.29 is 9.21 Å². The molecule has 1 atom stereocenters. The number of likely N-dealkylation sites (N-methyl/N-ethyl adjacent to an activating group) is 1. The Bertz CT molecular complexity index is 923. The second kappa shape index (κ2) is 7.34. The van der Waals surface area contributed by atoms with E-state index in [4.69, 9.17) is 4.42 Å². The van der Waals surface area contributed by atoms with Gasteiger partial charge in [-0.15, -0.1) is 0 Å². The van der Waals surface area contributed by atoms with Crippen molar-refractivity contribution in [2.75, 3.05) is 20.6 Å². The van der Waals surface area contributed by atoms with Crippen LogP contribution in [0.2, 0.25) is 0 Å². The van der Waals surface area contributed by atoms with Gasteiger partial charge in [0.15, 0.2) is 5.76 Å². The van der Waals surface area contributed by atoms with Gasteiger partial charge in [0.2, 0.25) is 0 Å². The predicted octanol–water partition coefficient (Wildman–Crippen LogP) is 4.39. The lowest BCUT2D eigenvalue weighted by molar-refractivity contribution is 0.0915. The van der Waals surface area contributed by atoms with E-state index in [-0.39, 0.29) is 11.9 Å². The van der Waals surface area contributed by atoms with Crippen molar-refractivity contribution in [1.29, 1.82) is 0 Å². The molecule has 26 heavy (non-hydrogen) atoms. The number of nitrogens with one attached hydrogen (secondary N) is 1. The van der Waals surface area contributed by atoms with E-state index in [1.54, 1.807) is 0 Å². The number of carbonyl (C=O) groups is 1. The molecular weight excluding hydrogens is 324 g/mol. The molecule has 1 heterocycles. The van der Waals surface area contributed by atoms with Crippen molar-refractivity contribution in [1.82, 2.24) is 10.2 Å². The Morgan fingerprint density at radius 1 is 1.04 bits per heavy atom. The second-order valence-electron chi connectivity index (χ2n) is 7.16. The first kappa shape index (κ1) is 18.2. The monoisotopic (exact) mass is 350 g/mol. The Labute approximate surface area is 154 Å². The van der Waals surface area contributed by atoms with Crippen molar-refractivity contribution in [2.45, 2.75) is 26.8 Å². The van der Waals surface area contributed by atoms with Gasteiger partial charge in [-0.25, -0.2) is 0 Å². The Balaban J connectivity index is 1.78. The molecule has 1 amide bonds. The zero-order valence-corrected chi connectivity index (χ0v) is 16.1. The average Bonchev–Trinajstić information content (AvgIpc) is 2.92. The first-order valence-electron chi connectivity index (χ1n) is 8.87. The molecule has 0 unspecified atom stereocenters. The van der Waals surface area contributed by atoms with Gasteiger partial charge >= 0.3 is 0 Å². The van der Waals surface area contributed by atoms with Crippen LogP contribution in [0.4, 0.5) is 0 Å². The molecular formula is C22H26N2O2. The van der Waals surface area contributed by atoms with Crippen LogP contribution in [-0.2, 0) is 0 Å². The van der Waals surface area contributed by atoms with Gasteiger partial charge < -0.3 is 14.6 Å². The van der Waals surface area contributed by atoms with Crippen molar-refractivity contribution in [3.8, 4) is 0 Å². The SMILES string of the molecule is Cc1ccc([C@H](CNC(=O)c2oc3cc(C)ccc3c2C)N(C)C)cc1. The van der Waals surface area contributed by atoms with Gasteiger partial charge in [-0.2, -0.15) is 0 Å². The Morgan fingerprint density at radius 2 is 1.69 bits per heavy atom. The maximum absolute atomic E-state index is 12.7. The Hall–Kier alpha value is -2.59. The summed E-state index contributed by atoms with van der Waals surface area (Å²) < 4.78 is 5.83. The number of hydrogen-bond donors (Lipinski definition) is 1. The van der Waals surface area contributed by atoms with Crippen LogP contribution in [-0.4, -0.2) is 31.4 Å². The zero-order valence-electron chi connectivity index (χ0n) is 16.1. The summed E-state index contributed by atoms with van der Waals surface area (Å²) in [5.74, 6) is 0.224. The number of rotatable bonds is 5. The maximum atomic E-state index is 12.7. The highest BCUT2D eigenvalue weighted by Gasteiger charge is 2.20. The quantitative estimate of drug-likeness (QED) is 0.742. The van der Waals surface area contributed by atoms with Crippen LogP contribution in [0.3, 0.4) is 0 Å². The van der Waals surface area contributed by atoms with Gasteiger partial charge in [0, 0.05) is 17.5 Å². The molecule has 4 nitrogen and oxygen atoms in total. The highest BCUT2D eigenvalue weighted by atomic mass is 16.3. The van der Waals surface area contributed by atoms with E-state index in [1.807, 2.05) is 46.1 Å². The van der Waals surface area contributed by atoms with E-state index in [1.165, 1.54) is 11.1 Å². The average molecular weight is 350 g/mol. The number of amides is 1. The molecule has 2 aromatic carbocycles. The third-order valence-electron chi connectivity index (χ3n) is 4.84. The summed E-state index contributed by atoms with van der Waals surface area (Å²) in [5, 5.41) is 4.02. The van der Waals surface area contributed by atoms with E-state index in [0.717, 1.165) is 22.1 Å². The summed E-state index contributed by atoms with van der Waals surface area (Å²) in [4.78, 5) is 14.8. The van der Waals surface area contributed by atoms with Crippen molar-refractivity contribution in [3.05, 3.63) is 70.5 Å². The summed E-state index contributed by atoms with van der Waals surface area (Å²) in [5.41, 5.74) is 5.16. The molecule has 0 saturated carbocycles. The third-order valence-corrected chi connectivity index (χ3v) is 4.84. The predicted molar refractivity (Wildman–Crippen MR) is 106 cm³/mol. The summed E-state index contributed by atoms with van der Waals surface area (Å²) in [6.07, 6.45) is 0. The third kappa shape index (κ3) is 3.65. The lowest BCUT2D eigenvalue weighted by Gasteiger charge is -2.25. The normalized spacial score (nSPS) is 12.5. The van der Waals surface area contributed by atoms with Crippen LogP contribution in [0.15, 0.2) is 46.9 Å². The van der Waals surface area contributed by atoms with E-state index < -0.39 is 0 Å². The number of nitrogens with zero attached hydrogens (tertiary/aromatic N) is 1. The fourth-order valence-electron chi connectivity index (χ4n) is 3.21. The van der Waals surface area contributed by atoms with Crippen molar-refractivity contribution >= 4 is 16.9 Å². The minimum atomic E-state index is -0.171. The molecule has 0 aliphatic carbocycles. The van der Waals surface area contributed by atoms with Gasteiger partial charge in [0.1, 0.15) is 5.58 Å². The molecule has 0 spiro atoms. The van der Waals surface area contributed by atoms with Crippen LogP contribution in [0.5, 0.6) is 0 Å². The largest absolute Gasteiger partial charge is 0.451 e. The topological polar surface area (TPSA) is 45.5 Å². The van der Waals surface area contributed by atoms with Crippen LogP contribution < -0.4 is 5.32 Å². The fraction of sp³-hybridized carbons (Fsp3) is 0.318. The number of hydrogen-bond acceptors (Lipinski definition) is 3.